The highest BCUT2D eigenvalue weighted by atomic mass is 32.2. The molecule has 1 fully saturated rings. The lowest BCUT2D eigenvalue weighted by molar-refractivity contribution is -0.119. The summed E-state index contributed by atoms with van der Waals surface area (Å²) in [7, 11) is -3.74. The van der Waals surface area contributed by atoms with Gasteiger partial charge >= 0.3 is 0 Å². The zero-order chi connectivity index (χ0) is 21.8. The molecule has 0 bridgehead atoms. The number of nitrogens with zero attached hydrogens (tertiary/aromatic N) is 3. The normalized spacial score (nSPS) is 17.5. The summed E-state index contributed by atoms with van der Waals surface area (Å²) in [5, 5.41) is 4.30. The molecule has 5 rings (SSSR count). The average molecular weight is 473 g/mol. The van der Waals surface area contributed by atoms with E-state index in [1.165, 1.54) is 15.6 Å². The van der Waals surface area contributed by atoms with Crippen molar-refractivity contribution in [3.63, 3.8) is 0 Å². The number of amides is 1. The first-order valence-electron chi connectivity index (χ1n) is 9.89. The lowest BCUT2D eigenvalue weighted by atomic mass is 10.2. The van der Waals surface area contributed by atoms with E-state index in [1.54, 1.807) is 35.6 Å². The molecule has 2 aromatic heterocycles. The highest BCUT2D eigenvalue weighted by molar-refractivity contribution is 7.89. The van der Waals surface area contributed by atoms with Crippen LogP contribution in [0.1, 0.15) is 23.4 Å². The average Bonchev–Trinajstić information content (AvgIpc) is 3.44. The Bertz CT molecular complexity index is 1410. The third-order valence-electron chi connectivity index (χ3n) is 5.38. The molecule has 1 aliphatic heterocycles. The van der Waals surface area contributed by atoms with E-state index in [9.17, 15) is 13.2 Å². The molecule has 0 spiro atoms. The Balaban J connectivity index is 1.42. The van der Waals surface area contributed by atoms with Crippen molar-refractivity contribution in [2.75, 3.05) is 11.9 Å². The third kappa shape index (κ3) is 3.63. The first-order chi connectivity index (χ1) is 14.8. The van der Waals surface area contributed by atoms with Crippen LogP contribution >= 0.6 is 22.7 Å². The van der Waals surface area contributed by atoms with Crippen LogP contribution in [0.4, 0.5) is 5.13 Å². The monoisotopic (exact) mass is 472 g/mol. The van der Waals surface area contributed by atoms with Gasteiger partial charge in [-0.3, -0.25) is 4.79 Å². The number of fused-ring (bicyclic) bond motifs is 3. The number of rotatable bonds is 4. The van der Waals surface area contributed by atoms with Crippen LogP contribution in [-0.4, -0.2) is 41.2 Å². The second-order valence-electron chi connectivity index (χ2n) is 7.59. The molecule has 3 heterocycles. The second-order valence-corrected chi connectivity index (χ2v) is 11.7. The molecule has 2 aromatic carbocycles. The maximum absolute atomic E-state index is 13.1. The van der Waals surface area contributed by atoms with Crippen molar-refractivity contribution in [3.8, 4) is 0 Å². The van der Waals surface area contributed by atoms with Crippen LogP contribution in [0.3, 0.4) is 0 Å². The van der Waals surface area contributed by atoms with Crippen molar-refractivity contribution in [1.82, 2.24) is 14.3 Å². The molecule has 1 atom stereocenters. The number of carbonyl (C=O) groups excluding carboxylic acids is 1. The Morgan fingerprint density at radius 3 is 2.45 bits per heavy atom. The fourth-order valence-corrected chi connectivity index (χ4v) is 7.53. The maximum Gasteiger partial charge on any atom is 0.244 e. The van der Waals surface area contributed by atoms with E-state index in [0.29, 0.717) is 24.5 Å². The van der Waals surface area contributed by atoms with E-state index in [2.05, 4.69) is 15.3 Å². The molecule has 0 aliphatic carbocycles. The number of aromatic nitrogens is 2. The van der Waals surface area contributed by atoms with E-state index in [4.69, 9.17) is 0 Å². The van der Waals surface area contributed by atoms with E-state index in [1.807, 2.05) is 26.0 Å². The van der Waals surface area contributed by atoms with E-state index >= 15 is 0 Å². The Morgan fingerprint density at radius 2 is 1.71 bits per heavy atom. The molecule has 0 radical (unpaired) electrons. The summed E-state index contributed by atoms with van der Waals surface area (Å²) in [4.78, 5) is 22.3. The van der Waals surface area contributed by atoms with Crippen molar-refractivity contribution in [2.24, 2.45) is 0 Å². The highest BCUT2D eigenvalue weighted by Crippen LogP contribution is 2.36. The minimum absolute atomic E-state index is 0.209. The van der Waals surface area contributed by atoms with Gasteiger partial charge in [0.05, 0.1) is 30.3 Å². The Kier molecular flexibility index (Phi) is 5.04. The van der Waals surface area contributed by atoms with Gasteiger partial charge in [0, 0.05) is 6.54 Å². The lowest BCUT2D eigenvalue weighted by Gasteiger charge is -2.23. The molecule has 4 aromatic rings. The smallest absolute Gasteiger partial charge is 0.244 e. The molecule has 1 unspecified atom stereocenters. The van der Waals surface area contributed by atoms with Gasteiger partial charge in [0.2, 0.25) is 15.9 Å². The summed E-state index contributed by atoms with van der Waals surface area (Å²) in [6.07, 6.45) is 1.13. The minimum Gasteiger partial charge on any atom is -0.301 e. The fourth-order valence-electron chi connectivity index (χ4n) is 3.86. The summed E-state index contributed by atoms with van der Waals surface area (Å²) in [6.45, 7) is 4.19. The standard InChI is InChI=1S/C21H20N4O3S3/c1-12-5-7-14(8-6-12)31(27,28)25-11-3-4-17(25)20(26)24-21-23-16-10-9-15-18(19(16)30-21)29-13(2)22-15/h5-10,17H,3-4,11H2,1-2H3,(H,23,24,26). The fraction of sp³-hybridized carbons (Fsp3) is 0.286. The molecule has 10 heteroatoms. The lowest BCUT2D eigenvalue weighted by Crippen LogP contribution is -2.43. The predicted octanol–water partition coefficient (Wildman–Crippen LogP) is 4.31. The molecule has 160 valence electrons. The summed E-state index contributed by atoms with van der Waals surface area (Å²) >= 11 is 2.99. The number of benzene rings is 2. The van der Waals surface area contributed by atoms with Crippen molar-refractivity contribution < 1.29 is 13.2 Å². The van der Waals surface area contributed by atoms with Crippen molar-refractivity contribution >= 4 is 64.2 Å². The summed E-state index contributed by atoms with van der Waals surface area (Å²) in [6, 6.07) is 9.79. The van der Waals surface area contributed by atoms with Crippen molar-refractivity contribution in [2.45, 2.75) is 37.6 Å². The van der Waals surface area contributed by atoms with Gasteiger partial charge < -0.3 is 5.32 Å². The molecule has 1 aliphatic rings. The summed E-state index contributed by atoms with van der Waals surface area (Å²) < 4.78 is 29.6. The number of thiazole rings is 2. The van der Waals surface area contributed by atoms with Crippen LogP contribution in [-0.2, 0) is 14.8 Å². The summed E-state index contributed by atoms with van der Waals surface area (Å²) in [5.41, 5.74) is 2.70. The first-order valence-corrected chi connectivity index (χ1v) is 13.0. The van der Waals surface area contributed by atoms with E-state index in [0.717, 1.165) is 31.0 Å². The SMILES string of the molecule is Cc1ccc(S(=O)(=O)N2CCCC2C(=O)Nc2nc3ccc4nc(C)sc4c3s2)cc1. The minimum atomic E-state index is -3.74. The van der Waals surface area contributed by atoms with Gasteiger partial charge in [0.1, 0.15) is 6.04 Å². The van der Waals surface area contributed by atoms with Gasteiger partial charge in [-0.1, -0.05) is 29.0 Å². The quantitative estimate of drug-likeness (QED) is 0.478. The molecule has 1 amide bonds. The molecular weight excluding hydrogens is 452 g/mol. The van der Waals surface area contributed by atoms with E-state index < -0.39 is 16.1 Å². The molecule has 7 nitrogen and oxygen atoms in total. The number of aryl methyl sites for hydroxylation is 2. The molecule has 1 saturated heterocycles. The van der Waals surface area contributed by atoms with Crippen LogP contribution in [0.5, 0.6) is 0 Å². The van der Waals surface area contributed by atoms with Gasteiger partial charge in [-0.05, 0) is 51.0 Å². The number of anilines is 1. The molecular formula is C21H20N4O3S3. The maximum atomic E-state index is 13.1. The number of hydrogen-bond donors (Lipinski definition) is 1. The van der Waals surface area contributed by atoms with Crippen LogP contribution in [0.15, 0.2) is 41.3 Å². The van der Waals surface area contributed by atoms with Gasteiger partial charge in [-0.15, -0.1) is 11.3 Å². The first kappa shape index (κ1) is 20.5. The number of hydrogen-bond acceptors (Lipinski definition) is 7. The van der Waals surface area contributed by atoms with Gasteiger partial charge in [-0.25, -0.2) is 18.4 Å². The third-order valence-corrected chi connectivity index (χ3v) is 9.44. The highest BCUT2D eigenvalue weighted by Gasteiger charge is 2.39. The van der Waals surface area contributed by atoms with Crippen LogP contribution in [0.25, 0.3) is 20.4 Å². The van der Waals surface area contributed by atoms with Crippen LogP contribution in [0.2, 0.25) is 0 Å². The number of carbonyl (C=O) groups is 1. The summed E-state index contributed by atoms with van der Waals surface area (Å²) in [5.74, 6) is -0.344. The Morgan fingerprint density at radius 1 is 1.03 bits per heavy atom. The number of sulfonamides is 1. The van der Waals surface area contributed by atoms with Gasteiger partial charge in [0.25, 0.3) is 0 Å². The van der Waals surface area contributed by atoms with E-state index in [-0.39, 0.29) is 10.8 Å². The van der Waals surface area contributed by atoms with Gasteiger partial charge in [-0.2, -0.15) is 4.31 Å². The second kappa shape index (κ2) is 7.63. The molecule has 1 N–H and O–H groups in total. The van der Waals surface area contributed by atoms with Crippen molar-refractivity contribution in [3.05, 3.63) is 47.0 Å². The Hall–Kier alpha value is -2.40. The molecule has 31 heavy (non-hydrogen) atoms. The molecule has 0 saturated carbocycles. The predicted molar refractivity (Wildman–Crippen MR) is 124 cm³/mol. The topological polar surface area (TPSA) is 92.3 Å². The van der Waals surface area contributed by atoms with Crippen LogP contribution in [0, 0.1) is 13.8 Å². The zero-order valence-corrected chi connectivity index (χ0v) is 19.4. The van der Waals surface area contributed by atoms with Gasteiger partial charge in [0.15, 0.2) is 5.13 Å². The Labute approximate surface area is 187 Å². The van der Waals surface area contributed by atoms with Crippen LogP contribution < -0.4 is 5.32 Å². The van der Waals surface area contributed by atoms with Crippen molar-refractivity contribution in [1.29, 1.82) is 0 Å². The number of nitrogens with one attached hydrogen (secondary N) is 1. The largest absolute Gasteiger partial charge is 0.301 e. The zero-order valence-electron chi connectivity index (χ0n) is 17.0.